The van der Waals surface area contributed by atoms with Crippen LogP contribution >= 0.6 is 45.8 Å². The highest BCUT2D eigenvalue weighted by atomic mass is 127. The molecular weight excluding hydrogens is 382 g/mol. The number of nitrogens with one attached hydrogen (secondary N) is 1. The summed E-state index contributed by atoms with van der Waals surface area (Å²) in [5.74, 6) is 0.797. The normalized spacial score (nSPS) is 11.1. The van der Waals surface area contributed by atoms with Crippen LogP contribution in [0.25, 0.3) is 22.4 Å². The molecule has 0 radical (unpaired) electrons. The number of imidazole rings is 1. The van der Waals surface area contributed by atoms with Gasteiger partial charge >= 0.3 is 0 Å². The Morgan fingerprint density at radius 1 is 1.06 bits per heavy atom. The summed E-state index contributed by atoms with van der Waals surface area (Å²) < 4.78 is 1.08. The molecule has 2 aromatic carbocycles. The van der Waals surface area contributed by atoms with Crippen molar-refractivity contribution in [3.8, 4) is 11.4 Å². The van der Waals surface area contributed by atoms with E-state index in [9.17, 15) is 0 Å². The summed E-state index contributed by atoms with van der Waals surface area (Å²) in [7, 11) is 0. The average molecular weight is 389 g/mol. The molecule has 3 rings (SSSR count). The molecule has 0 aliphatic rings. The number of benzene rings is 2. The third-order valence-corrected chi connectivity index (χ3v) is 3.79. The van der Waals surface area contributed by atoms with Crippen molar-refractivity contribution in [1.82, 2.24) is 9.97 Å². The molecule has 0 spiro atoms. The van der Waals surface area contributed by atoms with Crippen molar-refractivity contribution in [3.63, 3.8) is 0 Å². The minimum Gasteiger partial charge on any atom is -0.338 e. The highest BCUT2D eigenvalue weighted by Crippen LogP contribution is 2.28. The summed E-state index contributed by atoms with van der Waals surface area (Å²) in [5, 5.41) is 1.37. The van der Waals surface area contributed by atoms with Crippen LogP contribution in [-0.4, -0.2) is 9.97 Å². The first kappa shape index (κ1) is 12.3. The van der Waals surface area contributed by atoms with Crippen molar-refractivity contribution in [2.24, 2.45) is 0 Å². The van der Waals surface area contributed by atoms with E-state index in [4.69, 9.17) is 23.2 Å². The lowest BCUT2D eigenvalue weighted by atomic mass is 10.2. The molecule has 0 atom stereocenters. The van der Waals surface area contributed by atoms with E-state index < -0.39 is 0 Å². The second-order valence-electron chi connectivity index (χ2n) is 3.88. The molecule has 1 heterocycles. The fraction of sp³-hybridized carbons (Fsp3) is 0. The molecule has 0 bridgehead atoms. The molecule has 0 aliphatic carbocycles. The van der Waals surface area contributed by atoms with Gasteiger partial charge in [0.05, 0.1) is 10.5 Å². The Kier molecular flexibility index (Phi) is 3.21. The van der Waals surface area contributed by atoms with Crippen molar-refractivity contribution in [1.29, 1.82) is 0 Å². The summed E-state index contributed by atoms with van der Waals surface area (Å²) in [6, 6.07) is 11.5. The molecule has 2 nitrogen and oxygen atoms in total. The van der Waals surface area contributed by atoms with Gasteiger partial charge in [-0.3, -0.25) is 0 Å². The summed E-state index contributed by atoms with van der Waals surface area (Å²) in [6.45, 7) is 0. The Labute approximate surface area is 127 Å². The number of aromatic amines is 1. The maximum Gasteiger partial charge on any atom is 0.138 e. The van der Waals surface area contributed by atoms with Crippen LogP contribution in [0.2, 0.25) is 10.0 Å². The molecular formula is C13H7Cl2IN2. The topological polar surface area (TPSA) is 28.7 Å². The number of nitrogens with zero attached hydrogens (tertiary/aromatic N) is 1. The smallest absolute Gasteiger partial charge is 0.138 e. The van der Waals surface area contributed by atoms with Crippen LogP contribution in [0, 0.1) is 3.57 Å². The monoisotopic (exact) mass is 388 g/mol. The Morgan fingerprint density at radius 2 is 1.78 bits per heavy atom. The Balaban J connectivity index is 2.19. The molecule has 0 fully saturated rings. The van der Waals surface area contributed by atoms with Gasteiger partial charge in [-0.25, -0.2) is 4.98 Å². The largest absolute Gasteiger partial charge is 0.338 e. The molecule has 1 aromatic heterocycles. The zero-order chi connectivity index (χ0) is 12.7. The summed E-state index contributed by atoms with van der Waals surface area (Å²) in [4.78, 5) is 7.79. The number of rotatable bonds is 1. The van der Waals surface area contributed by atoms with E-state index in [1.54, 1.807) is 0 Å². The van der Waals surface area contributed by atoms with Crippen LogP contribution in [0.3, 0.4) is 0 Å². The standard InChI is InChI=1S/C13H7Cl2IN2/c14-8-3-1-7(2-4-8)13-17-11-6-9(16)5-10(15)12(11)18-13/h1-6H,(H,17,18). The number of hydrogen-bond donors (Lipinski definition) is 1. The van der Waals surface area contributed by atoms with Gasteiger partial charge in [0.15, 0.2) is 0 Å². The van der Waals surface area contributed by atoms with Crippen LogP contribution in [-0.2, 0) is 0 Å². The molecule has 5 heteroatoms. The van der Waals surface area contributed by atoms with Crippen molar-refractivity contribution < 1.29 is 0 Å². The highest BCUT2D eigenvalue weighted by Gasteiger charge is 2.09. The van der Waals surface area contributed by atoms with Crippen LogP contribution in [0.15, 0.2) is 36.4 Å². The molecule has 1 N–H and O–H groups in total. The SMILES string of the molecule is Clc1ccc(-c2nc3c(Cl)cc(I)cc3[nH]2)cc1. The average Bonchev–Trinajstić information content (AvgIpc) is 2.74. The quantitative estimate of drug-likeness (QED) is 0.574. The fourth-order valence-electron chi connectivity index (χ4n) is 1.79. The molecule has 0 saturated heterocycles. The summed E-state index contributed by atoms with van der Waals surface area (Å²) in [6.07, 6.45) is 0. The van der Waals surface area contributed by atoms with Gasteiger partial charge in [0, 0.05) is 14.2 Å². The van der Waals surface area contributed by atoms with E-state index in [1.807, 2.05) is 36.4 Å². The number of hydrogen-bond acceptors (Lipinski definition) is 1. The fourth-order valence-corrected chi connectivity index (χ4v) is 2.98. The van der Waals surface area contributed by atoms with Crippen LogP contribution in [0.4, 0.5) is 0 Å². The summed E-state index contributed by atoms with van der Waals surface area (Å²) >= 11 is 14.3. The lowest BCUT2D eigenvalue weighted by Crippen LogP contribution is -1.78. The van der Waals surface area contributed by atoms with Gasteiger partial charge in [0.2, 0.25) is 0 Å². The number of fused-ring (bicyclic) bond motifs is 1. The lowest BCUT2D eigenvalue weighted by Gasteiger charge is -1.95. The lowest BCUT2D eigenvalue weighted by molar-refractivity contribution is 1.34. The second kappa shape index (κ2) is 4.72. The van der Waals surface area contributed by atoms with Gasteiger partial charge in [-0.15, -0.1) is 0 Å². The first-order valence-electron chi connectivity index (χ1n) is 5.24. The van der Waals surface area contributed by atoms with Gasteiger partial charge in [-0.2, -0.15) is 0 Å². The van der Waals surface area contributed by atoms with Gasteiger partial charge in [0.25, 0.3) is 0 Å². The van der Waals surface area contributed by atoms with Crippen molar-refractivity contribution in [2.75, 3.05) is 0 Å². The maximum absolute atomic E-state index is 6.18. The Bertz CT molecular complexity index is 720. The third kappa shape index (κ3) is 2.22. The molecule has 0 aliphatic heterocycles. The molecule has 0 amide bonds. The summed E-state index contributed by atoms with van der Waals surface area (Å²) in [5.41, 5.74) is 2.72. The zero-order valence-corrected chi connectivity index (χ0v) is 12.7. The predicted molar refractivity (Wildman–Crippen MR) is 84.3 cm³/mol. The first-order valence-corrected chi connectivity index (χ1v) is 7.07. The van der Waals surface area contributed by atoms with Crippen LogP contribution in [0.1, 0.15) is 0 Å². The van der Waals surface area contributed by atoms with E-state index in [1.165, 1.54) is 0 Å². The maximum atomic E-state index is 6.18. The van der Waals surface area contributed by atoms with Gasteiger partial charge in [-0.1, -0.05) is 23.2 Å². The number of aromatic nitrogens is 2. The highest BCUT2D eigenvalue weighted by molar-refractivity contribution is 14.1. The van der Waals surface area contributed by atoms with E-state index in [0.717, 1.165) is 26.0 Å². The Morgan fingerprint density at radius 3 is 2.50 bits per heavy atom. The van der Waals surface area contributed by atoms with Crippen LogP contribution in [0.5, 0.6) is 0 Å². The zero-order valence-electron chi connectivity index (χ0n) is 9.05. The molecule has 90 valence electrons. The van der Waals surface area contributed by atoms with Crippen molar-refractivity contribution in [3.05, 3.63) is 50.0 Å². The first-order chi connectivity index (χ1) is 8.63. The van der Waals surface area contributed by atoms with Crippen molar-refractivity contribution >= 4 is 56.8 Å². The predicted octanol–water partition coefficient (Wildman–Crippen LogP) is 5.14. The number of halogens is 3. The van der Waals surface area contributed by atoms with E-state index in [0.29, 0.717) is 10.0 Å². The van der Waals surface area contributed by atoms with Gasteiger partial charge < -0.3 is 4.98 Å². The van der Waals surface area contributed by atoms with E-state index in [2.05, 4.69) is 32.6 Å². The van der Waals surface area contributed by atoms with E-state index in [-0.39, 0.29) is 0 Å². The number of H-pyrrole nitrogens is 1. The van der Waals surface area contributed by atoms with Gasteiger partial charge in [-0.05, 0) is 59.0 Å². The van der Waals surface area contributed by atoms with Gasteiger partial charge in [0.1, 0.15) is 11.3 Å². The Hall–Kier alpha value is -0.780. The minimum absolute atomic E-state index is 0.661. The second-order valence-corrected chi connectivity index (χ2v) is 5.97. The molecule has 18 heavy (non-hydrogen) atoms. The van der Waals surface area contributed by atoms with E-state index >= 15 is 0 Å². The molecule has 0 saturated carbocycles. The molecule has 0 unspecified atom stereocenters. The van der Waals surface area contributed by atoms with Crippen molar-refractivity contribution in [2.45, 2.75) is 0 Å². The minimum atomic E-state index is 0.661. The third-order valence-electron chi connectivity index (χ3n) is 2.62. The molecule has 3 aromatic rings. The van der Waals surface area contributed by atoms with Crippen LogP contribution < -0.4 is 0 Å².